The number of aromatic nitrogens is 2. The lowest BCUT2D eigenvalue weighted by molar-refractivity contribution is 0.551. The van der Waals surface area contributed by atoms with E-state index in [2.05, 4.69) is 41.8 Å². The number of hydrogen-bond acceptors (Lipinski definition) is 2. The van der Waals surface area contributed by atoms with Crippen LogP contribution in [0.2, 0.25) is 0 Å². The number of hydrogen-bond donors (Lipinski definition) is 1. The molecule has 0 saturated heterocycles. The van der Waals surface area contributed by atoms with E-state index in [-0.39, 0.29) is 6.04 Å². The highest BCUT2D eigenvalue weighted by Gasteiger charge is 2.09. The molecule has 1 aromatic carbocycles. The van der Waals surface area contributed by atoms with Crippen molar-refractivity contribution in [3.8, 4) is 0 Å². The molecule has 2 aromatic rings. The Bertz CT molecular complexity index is 483. The number of nitrogens with zero attached hydrogens (tertiary/aromatic N) is 2. The maximum Gasteiger partial charge on any atom is 0.0688 e. The summed E-state index contributed by atoms with van der Waals surface area (Å²) < 4.78 is 2.06. The van der Waals surface area contributed by atoms with Crippen molar-refractivity contribution in [1.29, 1.82) is 0 Å². The molecule has 0 aliphatic heterocycles. The Morgan fingerprint density at radius 3 is 2.69 bits per heavy atom. The van der Waals surface area contributed by atoms with E-state index in [1.54, 1.807) is 0 Å². The quantitative estimate of drug-likeness (QED) is 0.858. The number of fused-ring (bicyclic) bond motifs is 1. The van der Waals surface area contributed by atoms with Crippen LogP contribution in [0, 0.1) is 0 Å². The molecule has 1 atom stereocenters. The molecule has 0 radical (unpaired) electrons. The molecule has 3 heteroatoms. The average Bonchev–Trinajstić information content (AvgIpc) is 2.61. The first-order valence-electron chi connectivity index (χ1n) is 5.80. The second-order valence-corrected chi connectivity index (χ2v) is 4.71. The van der Waals surface area contributed by atoms with Crippen LogP contribution in [0.3, 0.4) is 0 Å². The van der Waals surface area contributed by atoms with Gasteiger partial charge in [0.2, 0.25) is 0 Å². The summed E-state index contributed by atoms with van der Waals surface area (Å²) in [6.45, 7) is 6.32. The summed E-state index contributed by atoms with van der Waals surface area (Å²) in [5.74, 6) is 0. The second kappa shape index (κ2) is 4.26. The van der Waals surface area contributed by atoms with Crippen molar-refractivity contribution in [3.63, 3.8) is 0 Å². The molecule has 0 bridgehead atoms. The van der Waals surface area contributed by atoms with Crippen molar-refractivity contribution < 1.29 is 0 Å². The fourth-order valence-electron chi connectivity index (χ4n) is 2.07. The molecule has 0 aliphatic carbocycles. The van der Waals surface area contributed by atoms with Crippen LogP contribution in [-0.4, -0.2) is 15.8 Å². The second-order valence-electron chi connectivity index (χ2n) is 4.71. The van der Waals surface area contributed by atoms with Gasteiger partial charge in [-0.1, -0.05) is 12.1 Å². The van der Waals surface area contributed by atoms with Crippen LogP contribution < -0.4 is 5.73 Å². The molecule has 16 heavy (non-hydrogen) atoms. The minimum atomic E-state index is 0.188. The van der Waals surface area contributed by atoms with Crippen molar-refractivity contribution in [1.82, 2.24) is 9.78 Å². The summed E-state index contributed by atoms with van der Waals surface area (Å²) in [6.07, 6.45) is 2.86. The van der Waals surface area contributed by atoms with Crippen molar-refractivity contribution in [2.24, 2.45) is 5.73 Å². The van der Waals surface area contributed by atoms with Crippen LogP contribution in [0.25, 0.3) is 10.9 Å². The monoisotopic (exact) mass is 217 g/mol. The molecule has 0 fully saturated rings. The summed E-state index contributed by atoms with van der Waals surface area (Å²) in [5.41, 5.74) is 8.35. The maximum atomic E-state index is 5.85. The predicted octanol–water partition coefficient (Wildman–Crippen LogP) is 2.51. The SMILES string of the molecule is CC(N)Cc1cccc2c1cnn2C(C)C. The predicted molar refractivity (Wildman–Crippen MR) is 67.5 cm³/mol. The molecule has 0 saturated carbocycles. The summed E-state index contributed by atoms with van der Waals surface area (Å²) in [7, 11) is 0. The Morgan fingerprint density at radius 2 is 2.06 bits per heavy atom. The minimum absolute atomic E-state index is 0.188. The highest BCUT2D eigenvalue weighted by Crippen LogP contribution is 2.22. The summed E-state index contributed by atoms with van der Waals surface area (Å²) in [6, 6.07) is 6.92. The zero-order valence-electron chi connectivity index (χ0n) is 10.1. The van der Waals surface area contributed by atoms with Crippen molar-refractivity contribution in [2.75, 3.05) is 0 Å². The fraction of sp³-hybridized carbons (Fsp3) is 0.462. The van der Waals surface area contributed by atoms with Crippen LogP contribution in [0.15, 0.2) is 24.4 Å². The molecule has 2 N–H and O–H groups in total. The fourth-order valence-corrected chi connectivity index (χ4v) is 2.07. The molecule has 1 unspecified atom stereocenters. The smallest absolute Gasteiger partial charge is 0.0688 e. The first-order valence-corrected chi connectivity index (χ1v) is 5.80. The van der Waals surface area contributed by atoms with Crippen LogP contribution >= 0.6 is 0 Å². The zero-order chi connectivity index (χ0) is 11.7. The molecular formula is C13H19N3. The molecular weight excluding hydrogens is 198 g/mol. The summed E-state index contributed by atoms with van der Waals surface area (Å²) in [5, 5.41) is 5.67. The standard InChI is InChI=1S/C13H19N3/c1-9(2)16-13-6-4-5-11(7-10(3)14)12(13)8-15-16/h4-6,8-10H,7,14H2,1-3H3. The molecule has 0 amide bonds. The lowest BCUT2D eigenvalue weighted by Gasteiger charge is -2.09. The van der Waals surface area contributed by atoms with Gasteiger partial charge in [0.05, 0.1) is 11.7 Å². The highest BCUT2D eigenvalue weighted by molar-refractivity contribution is 5.82. The van der Waals surface area contributed by atoms with E-state index in [4.69, 9.17) is 5.73 Å². The maximum absolute atomic E-state index is 5.85. The Labute approximate surface area is 96.2 Å². The van der Waals surface area contributed by atoms with Gasteiger partial charge in [-0.2, -0.15) is 5.10 Å². The van der Waals surface area contributed by atoms with Gasteiger partial charge in [0.1, 0.15) is 0 Å². The Morgan fingerprint density at radius 1 is 1.31 bits per heavy atom. The normalized spacial score (nSPS) is 13.6. The van der Waals surface area contributed by atoms with Gasteiger partial charge in [0.15, 0.2) is 0 Å². The van der Waals surface area contributed by atoms with Gasteiger partial charge in [-0.3, -0.25) is 4.68 Å². The first-order chi connectivity index (χ1) is 7.59. The minimum Gasteiger partial charge on any atom is -0.328 e. The Kier molecular flexibility index (Phi) is 2.97. The van der Waals surface area contributed by atoms with Gasteiger partial charge >= 0.3 is 0 Å². The number of nitrogens with two attached hydrogens (primary N) is 1. The van der Waals surface area contributed by atoms with E-state index in [9.17, 15) is 0 Å². The molecule has 1 heterocycles. The van der Waals surface area contributed by atoms with E-state index in [1.807, 2.05) is 13.1 Å². The van der Waals surface area contributed by atoms with E-state index in [0.717, 1.165) is 6.42 Å². The topological polar surface area (TPSA) is 43.8 Å². The molecule has 0 spiro atoms. The van der Waals surface area contributed by atoms with Gasteiger partial charge in [-0.15, -0.1) is 0 Å². The van der Waals surface area contributed by atoms with Crippen LogP contribution in [-0.2, 0) is 6.42 Å². The third-order valence-corrected chi connectivity index (χ3v) is 2.76. The van der Waals surface area contributed by atoms with Crippen molar-refractivity contribution in [3.05, 3.63) is 30.0 Å². The average molecular weight is 217 g/mol. The van der Waals surface area contributed by atoms with Crippen molar-refractivity contribution in [2.45, 2.75) is 39.3 Å². The first kappa shape index (κ1) is 11.1. The molecule has 3 nitrogen and oxygen atoms in total. The van der Waals surface area contributed by atoms with E-state index in [0.29, 0.717) is 6.04 Å². The van der Waals surface area contributed by atoms with Gasteiger partial charge in [-0.05, 0) is 38.8 Å². The lowest BCUT2D eigenvalue weighted by atomic mass is 10.0. The van der Waals surface area contributed by atoms with Gasteiger partial charge < -0.3 is 5.73 Å². The third-order valence-electron chi connectivity index (χ3n) is 2.76. The number of benzene rings is 1. The van der Waals surface area contributed by atoms with Crippen LogP contribution in [0.5, 0.6) is 0 Å². The molecule has 86 valence electrons. The van der Waals surface area contributed by atoms with E-state index >= 15 is 0 Å². The van der Waals surface area contributed by atoms with Crippen molar-refractivity contribution >= 4 is 10.9 Å². The van der Waals surface area contributed by atoms with Gasteiger partial charge in [-0.25, -0.2) is 0 Å². The zero-order valence-corrected chi connectivity index (χ0v) is 10.1. The Hall–Kier alpha value is -1.35. The largest absolute Gasteiger partial charge is 0.328 e. The summed E-state index contributed by atoms with van der Waals surface area (Å²) in [4.78, 5) is 0. The van der Waals surface area contributed by atoms with Crippen LogP contribution in [0.1, 0.15) is 32.4 Å². The number of rotatable bonds is 3. The van der Waals surface area contributed by atoms with Gasteiger partial charge in [0.25, 0.3) is 0 Å². The summed E-state index contributed by atoms with van der Waals surface area (Å²) >= 11 is 0. The molecule has 2 rings (SSSR count). The van der Waals surface area contributed by atoms with Gasteiger partial charge in [0, 0.05) is 17.5 Å². The molecule has 0 aliphatic rings. The van der Waals surface area contributed by atoms with E-state index < -0.39 is 0 Å². The van der Waals surface area contributed by atoms with Crippen LogP contribution in [0.4, 0.5) is 0 Å². The third kappa shape index (κ3) is 1.95. The lowest BCUT2D eigenvalue weighted by Crippen LogP contribution is -2.17. The van der Waals surface area contributed by atoms with E-state index in [1.165, 1.54) is 16.5 Å². The molecule has 1 aromatic heterocycles. The highest BCUT2D eigenvalue weighted by atomic mass is 15.3. The Balaban J connectivity index is 2.53.